The minimum Gasteiger partial charge on any atom is -0.355 e. The van der Waals surface area contributed by atoms with Crippen molar-refractivity contribution in [2.24, 2.45) is 5.92 Å². The summed E-state index contributed by atoms with van der Waals surface area (Å²) >= 11 is 3.45. The van der Waals surface area contributed by atoms with Gasteiger partial charge in [0.15, 0.2) is 11.6 Å². The van der Waals surface area contributed by atoms with E-state index in [2.05, 4.69) is 41.4 Å². The first-order valence-corrected chi connectivity index (χ1v) is 10.0. The molecule has 0 aliphatic carbocycles. The summed E-state index contributed by atoms with van der Waals surface area (Å²) in [5.41, 5.74) is 1.92. The number of nitrogens with zero attached hydrogens (tertiary/aromatic N) is 5. The van der Waals surface area contributed by atoms with E-state index in [0.717, 1.165) is 47.5 Å². The van der Waals surface area contributed by atoms with Crippen molar-refractivity contribution in [3.8, 4) is 5.82 Å². The van der Waals surface area contributed by atoms with Crippen LogP contribution in [0.2, 0.25) is 0 Å². The first-order valence-electron chi connectivity index (χ1n) is 9.26. The highest BCUT2D eigenvalue weighted by molar-refractivity contribution is 9.10. The summed E-state index contributed by atoms with van der Waals surface area (Å²) in [7, 11) is 0. The quantitative estimate of drug-likeness (QED) is 0.670. The number of hydrogen-bond donors (Lipinski definition) is 1. The first kappa shape index (κ1) is 18.6. The van der Waals surface area contributed by atoms with Gasteiger partial charge in [-0.3, -0.25) is 4.79 Å². The molecule has 7 nitrogen and oxygen atoms in total. The minimum absolute atomic E-state index is 0.00982. The molecule has 1 amide bonds. The van der Waals surface area contributed by atoms with Crippen molar-refractivity contribution in [3.05, 3.63) is 58.8 Å². The highest BCUT2D eigenvalue weighted by Gasteiger charge is 2.26. The molecule has 3 heterocycles. The summed E-state index contributed by atoms with van der Waals surface area (Å²) in [6.07, 6.45) is 5.14. The second-order valence-electron chi connectivity index (χ2n) is 6.91. The van der Waals surface area contributed by atoms with E-state index in [9.17, 15) is 4.79 Å². The summed E-state index contributed by atoms with van der Waals surface area (Å²) in [5.74, 6) is 1.62. The van der Waals surface area contributed by atoms with Crippen LogP contribution < -0.4 is 10.2 Å². The fourth-order valence-corrected chi connectivity index (χ4v) is 3.86. The lowest BCUT2D eigenvalue weighted by Gasteiger charge is -2.31. The Morgan fingerprint density at radius 2 is 1.89 bits per heavy atom. The Hall–Kier alpha value is -2.74. The molecule has 0 bridgehead atoms. The van der Waals surface area contributed by atoms with Crippen LogP contribution in [0.1, 0.15) is 18.4 Å². The fraction of sp³-hybridized carbons (Fsp3) is 0.300. The molecule has 1 fully saturated rings. The van der Waals surface area contributed by atoms with Crippen LogP contribution in [0.5, 0.6) is 0 Å². The average Bonchev–Trinajstić information content (AvgIpc) is 3.25. The average molecular weight is 441 g/mol. The molecule has 28 heavy (non-hydrogen) atoms. The standard InChI is InChI=1S/C20H21BrN6O/c1-14-13-16(21)3-4-17(14)23-20(28)15-7-11-26(12-8-15)18-5-6-19(25-24-18)27-10-2-9-22-27/h2-6,9-10,13,15H,7-8,11-12H2,1H3,(H,23,28). The number of halogens is 1. The number of rotatable bonds is 4. The molecule has 0 spiro atoms. The third kappa shape index (κ3) is 4.06. The second-order valence-corrected chi connectivity index (χ2v) is 7.83. The van der Waals surface area contributed by atoms with Gasteiger partial charge in [-0.15, -0.1) is 10.2 Å². The van der Waals surface area contributed by atoms with E-state index in [1.165, 1.54) is 0 Å². The lowest BCUT2D eigenvalue weighted by Crippen LogP contribution is -2.38. The molecule has 4 rings (SSSR count). The van der Waals surface area contributed by atoms with E-state index in [0.29, 0.717) is 5.82 Å². The summed E-state index contributed by atoms with van der Waals surface area (Å²) in [6, 6.07) is 11.6. The number of carbonyl (C=O) groups is 1. The molecule has 0 atom stereocenters. The van der Waals surface area contributed by atoms with Crippen molar-refractivity contribution < 1.29 is 4.79 Å². The van der Waals surface area contributed by atoms with Gasteiger partial charge in [0.25, 0.3) is 0 Å². The Bertz CT molecular complexity index is 949. The van der Waals surface area contributed by atoms with E-state index in [1.807, 2.05) is 49.5 Å². The molecular weight excluding hydrogens is 420 g/mol. The minimum atomic E-state index is 0.00982. The fourth-order valence-electron chi connectivity index (χ4n) is 3.39. The lowest BCUT2D eigenvalue weighted by atomic mass is 9.95. The van der Waals surface area contributed by atoms with Crippen LogP contribution >= 0.6 is 15.9 Å². The number of amides is 1. The number of piperidine rings is 1. The summed E-state index contributed by atoms with van der Waals surface area (Å²) < 4.78 is 2.69. The Balaban J connectivity index is 1.34. The van der Waals surface area contributed by atoms with Gasteiger partial charge in [0.05, 0.1) is 0 Å². The van der Waals surface area contributed by atoms with Crippen LogP contribution in [-0.4, -0.2) is 39.0 Å². The third-order valence-corrected chi connectivity index (χ3v) is 5.50. The number of carbonyl (C=O) groups excluding carboxylic acids is 1. The molecule has 8 heteroatoms. The Labute approximate surface area is 171 Å². The second kappa shape index (κ2) is 8.10. The van der Waals surface area contributed by atoms with Crippen molar-refractivity contribution in [2.45, 2.75) is 19.8 Å². The topological polar surface area (TPSA) is 75.9 Å². The van der Waals surface area contributed by atoms with Crippen molar-refractivity contribution in [1.82, 2.24) is 20.0 Å². The number of aromatic nitrogens is 4. The van der Waals surface area contributed by atoms with Crippen molar-refractivity contribution in [1.29, 1.82) is 0 Å². The van der Waals surface area contributed by atoms with Crippen molar-refractivity contribution in [2.75, 3.05) is 23.3 Å². The molecule has 1 aliphatic heterocycles. The van der Waals surface area contributed by atoms with Crippen LogP contribution in [0.3, 0.4) is 0 Å². The molecule has 3 aromatic rings. The molecule has 144 valence electrons. The first-order chi connectivity index (χ1) is 13.6. The van der Waals surface area contributed by atoms with Gasteiger partial charge in [-0.25, -0.2) is 4.68 Å². The summed E-state index contributed by atoms with van der Waals surface area (Å²) in [6.45, 7) is 3.56. The van der Waals surface area contributed by atoms with Gasteiger partial charge in [0, 0.05) is 41.6 Å². The normalized spacial score (nSPS) is 14.9. The molecule has 2 aromatic heterocycles. The molecule has 1 aromatic carbocycles. The zero-order chi connectivity index (χ0) is 19.5. The molecule has 0 radical (unpaired) electrons. The Kier molecular flexibility index (Phi) is 5.38. The molecule has 0 saturated carbocycles. The van der Waals surface area contributed by atoms with Gasteiger partial charge < -0.3 is 10.2 Å². The number of nitrogens with one attached hydrogen (secondary N) is 1. The van der Waals surface area contributed by atoms with Crippen LogP contribution in [0, 0.1) is 12.8 Å². The Morgan fingerprint density at radius 3 is 2.54 bits per heavy atom. The van der Waals surface area contributed by atoms with E-state index in [1.54, 1.807) is 10.9 Å². The lowest BCUT2D eigenvalue weighted by molar-refractivity contribution is -0.120. The van der Waals surface area contributed by atoms with E-state index >= 15 is 0 Å². The zero-order valence-electron chi connectivity index (χ0n) is 15.5. The van der Waals surface area contributed by atoms with E-state index in [-0.39, 0.29) is 11.8 Å². The molecule has 1 N–H and O–H groups in total. The van der Waals surface area contributed by atoms with Crippen LogP contribution in [-0.2, 0) is 4.79 Å². The molecular formula is C20H21BrN6O. The van der Waals surface area contributed by atoms with Gasteiger partial charge in [-0.05, 0) is 61.7 Å². The molecule has 1 aliphatic rings. The highest BCUT2D eigenvalue weighted by atomic mass is 79.9. The predicted molar refractivity (Wildman–Crippen MR) is 112 cm³/mol. The van der Waals surface area contributed by atoms with Crippen molar-refractivity contribution >= 4 is 33.3 Å². The molecule has 0 unspecified atom stereocenters. The Morgan fingerprint density at radius 1 is 1.14 bits per heavy atom. The van der Waals surface area contributed by atoms with Crippen LogP contribution in [0.4, 0.5) is 11.5 Å². The SMILES string of the molecule is Cc1cc(Br)ccc1NC(=O)C1CCN(c2ccc(-n3cccn3)nn2)CC1. The van der Waals surface area contributed by atoms with Crippen LogP contribution in [0.15, 0.2) is 53.3 Å². The van der Waals surface area contributed by atoms with Gasteiger partial charge >= 0.3 is 0 Å². The van der Waals surface area contributed by atoms with Gasteiger partial charge in [0.2, 0.25) is 5.91 Å². The van der Waals surface area contributed by atoms with Gasteiger partial charge in [-0.1, -0.05) is 15.9 Å². The largest absolute Gasteiger partial charge is 0.355 e. The van der Waals surface area contributed by atoms with Gasteiger partial charge in [0.1, 0.15) is 0 Å². The van der Waals surface area contributed by atoms with E-state index in [4.69, 9.17) is 0 Å². The highest BCUT2D eigenvalue weighted by Crippen LogP contribution is 2.25. The third-order valence-electron chi connectivity index (χ3n) is 5.01. The smallest absolute Gasteiger partial charge is 0.227 e. The summed E-state index contributed by atoms with van der Waals surface area (Å²) in [4.78, 5) is 14.8. The monoisotopic (exact) mass is 440 g/mol. The zero-order valence-corrected chi connectivity index (χ0v) is 17.1. The van der Waals surface area contributed by atoms with Crippen molar-refractivity contribution in [3.63, 3.8) is 0 Å². The maximum Gasteiger partial charge on any atom is 0.227 e. The molecule has 1 saturated heterocycles. The van der Waals surface area contributed by atoms with Gasteiger partial charge in [-0.2, -0.15) is 5.10 Å². The number of anilines is 2. The number of benzene rings is 1. The summed E-state index contributed by atoms with van der Waals surface area (Å²) in [5, 5.41) is 15.8. The van der Waals surface area contributed by atoms with E-state index < -0.39 is 0 Å². The maximum atomic E-state index is 12.6. The number of hydrogen-bond acceptors (Lipinski definition) is 5. The predicted octanol–water partition coefficient (Wildman–Crippen LogP) is 3.59. The number of aryl methyl sites for hydroxylation is 1. The maximum absolute atomic E-state index is 12.6. The van der Waals surface area contributed by atoms with Crippen LogP contribution in [0.25, 0.3) is 5.82 Å².